The molecule has 3 aromatic carbocycles. The van der Waals surface area contributed by atoms with E-state index < -0.39 is 22.5 Å². The number of nitrogens with zero attached hydrogens (tertiary/aromatic N) is 1. The van der Waals surface area contributed by atoms with Gasteiger partial charge < -0.3 is 14.8 Å². The van der Waals surface area contributed by atoms with Crippen molar-refractivity contribution in [2.24, 2.45) is 0 Å². The van der Waals surface area contributed by atoms with Crippen LogP contribution < -0.4 is 19.1 Å². The quantitative estimate of drug-likeness (QED) is 0.333. The zero-order valence-corrected chi connectivity index (χ0v) is 22.2. The number of sulfonamides is 1. The van der Waals surface area contributed by atoms with Crippen LogP contribution in [0, 0.1) is 6.92 Å². The minimum absolute atomic E-state index is 0.0652. The maximum absolute atomic E-state index is 13.6. The molecule has 0 saturated carbocycles. The maximum Gasteiger partial charge on any atom is 0.264 e. The van der Waals surface area contributed by atoms with E-state index in [1.54, 1.807) is 24.3 Å². The first-order valence-electron chi connectivity index (χ1n) is 11.7. The summed E-state index contributed by atoms with van der Waals surface area (Å²) >= 11 is 6.18. The molecule has 0 aliphatic heterocycles. The first kappa shape index (κ1) is 27.4. The average Bonchev–Trinajstić information content (AvgIpc) is 2.86. The molecule has 0 fully saturated rings. The molecule has 0 bridgehead atoms. The number of halogens is 1. The van der Waals surface area contributed by atoms with E-state index in [1.807, 2.05) is 38.1 Å². The van der Waals surface area contributed by atoms with Crippen molar-refractivity contribution in [3.8, 4) is 11.5 Å². The van der Waals surface area contributed by atoms with Gasteiger partial charge in [-0.25, -0.2) is 8.42 Å². The highest BCUT2D eigenvalue weighted by molar-refractivity contribution is 7.92. The third-order valence-electron chi connectivity index (χ3n) is 5.52. The van der Waals surface area contributed by atoms with Crippen LogP contribution in [0.15, 0.2) is 71.6 Å². The van der Waals surface area contributed by atoms with Gasteiger partial charge in [0.15, 0.2) is 0 Å². The molecule has 0 aromatic heterocycles. The number of rotatable bonds is 12. The second kappa shape index (κ2) is 12.6. The van der Waals surface area contributed by atoms with Gasteiger partial charge in [0.05, 0.1) is 24.3 Å². The minimum Gasteiger partial charge on any atom is -0.495 e. The first-order chi connectivity index (χ1) is 17.3. The fraction of sp³-hybridized carbons (Fsp3) is 0.296. The summed E-state index contributed by atoms with van der Waals surface area (Å²) in [5.41, 5.74) is 2.16. The van der Waals surface area contributed by atoms with Crippen molar-refractivity contribution in [3.63, 3.8) is 0 Å². The highest BCUT2D eigenvalue weighted by atomic mass is 35.5. The minimum atomic E-state index is -4.08. The summed E-state index contributed by atoms with van der Waals surface area (Å²) in [6.45, 7) is 4.33. The Labute approximate surface area is 218 Å². The Morgan fingerprint density at radius 3 is 2.44 bits per heavy atom. The van der Waals surface area contributed by atoms with Gasteiger partial charge in [0.25, 0.3) is 10.0 Å². The SMILES string of the molecule is CCOc1ccccc1CCCNC(=O)CN(c1cc(Cl)ccc1OC)S(=O)(=O)c1ccc(C)cc1. The van der Waals surface area contributed by atoms with Crippen LogP contribution in [0.3, 0.4) is 0 Å². The van der Waals surface area contributed by atoms with Crippen LogP contribution in [-0.2, 0) is 21.2 Å². The van der Waals surface area contributed by atoms with Gasteiger partial charge in [-0.2, -0.15) is 0 Å². The van der Waals surface area contributed by atoms with Crippen molar-refractivity contribution in [2.45, 2.75) is 31.6 Å². The molecular weight excluding hydrogens is 500 g/mol. The lowest BCUT2D eigenvalue weighted by atomic mass is 10.1. The van der Waals surface area contributed by atoms with E-state index in [0.29, 0.717) is 31.0 Å². The molecule has 7 nitrogen and oxygen atoms in total. The van der Waals surface area contributed by atoms with Crippen LogP contribution in [0.4, 0.5) is 5.69 Å². The van der Waals surface area contributed by atoms with E-state index in [9.17, 15) is 13.2 Å². The van der Waals surface area contributed by atoms with Crippen LogP contribution in [0.5, 0.6) is 11.5 Å². The number of carbonyl (C=O) groups excluding carboxylic acids is 1. The van der Waals surface area contributed by atoms with Gasteiger partial charge in [-0.1, -0.05) is 47.5 Å². The summed E-state index contributed by atoms with van der Waals surface area (Å²) in [5.74, 6) is 0.677. The maximum atomic E-state index is 13.6. The summed E-state index contributed by atoms with van der Waals surface area (Å²) in [5, 5.41) is 3.15. The van der Waals surface area contributed by atoms with Gasteiger partial charge in [0.2, 0.25) is 5.91 Å². The van der Waals surface area contributed by atoms with Crippen molar-refractivity contribution in [2.75, 3.05) is 31.1 Å². The summed E-state index contributed by atoms with van der Waals surface area (Å²) < 4.78 is 39.3. The molecule has 0 spiro atoms. The smallest absolute Gasteiger partial charge is 0.264 e. The second-order valence-electron chi connectivity index (χ2n) is 8.14. The highest BCUT2D eigenvalue weighted by Crippen LogP contribution is 2.34. The molecule has 0 unspecified atom stereocenters. The van der Waals surface area contributed by atoms with E-state index >= 15 is 0 Å². The Kier molecular flexibility index (Phi) is 9.61. The molecule has 0 heterocycles. The van der Waals surface area contributed by atoms with Crippen LogP contribution in [0.25, 0.3) is 0 Å². The van der Waals surface area contributed by atoms with Gasteiger partial charge in [-0.05, 0) is 68.7 Å². The lowest BCUT2D eigenvalue weighted by molar-refractivity contribution is -0.119. The zero-order valence-electron chi connectivity index (χ0n) is 20.7. The molecule has 192 valence electrons. The summed E-state index contributed by atoms with van der Waals surface area (Å²) in [4.78, 5) is 13.0. The molecule has 0 saturated heterocycles. The predicted octanol–water partition coefficient (Wildman–Crippen LogP) is 5.00. The van der Waals surface area contributed by atoms with Gasteiger partial charge in [-0.3, -0.25) is 9.10 Å². The lowest BCUT2D eigenvalue weighted by Gasteiger charge is -2.26. The molecule has 3 rings (SSSR count). The lowest BCUT2D eigenvalue weighted by Crippen LogP contribution is -2.41. The Morgan fingerprint density at radius 1 is 1.03 bits per heavy atom. The van der Waals surface area contributed by atoms with Gasteiger partial charge >= 0.3 is 0 Å². The van der Waals surface area contributed by atoms with E-state index in [1.165, 1.54) is 25.3 Å². The van der Waals surface area contributed by atoms with Crippen molar-refractivity contribution < 1.29 is 22.7 Å². The first-order valence-corrected chi connectivity index (χ1v) is 13.5. The molecule has 1 amide bonds. The highest BCUT2D eigenvalue weighted by Gasteiger charge is 2.29. The van der Waals surface area contributed by atoms with Crippen molar-refractivity contribution >= 4 is 33.2 Å². The van der Waals surface area contributed by atoms with Crippen molar-refractivity contribution in [1.29, 1.82) is 0 Å². The number of aryl methyl sites for hydroxylation is 2. The molecule has 0 aliphatic carbocycles. The number of carbonyl (C=O) groups is 1. The number of methoxy groups -OCH3 is 1. The predicted molar refractivity (Wildman–Crippen MR) is 143 cm³/mol. The third-order valence-corrected chi connectivity index (χ3v) is 7.53. The molecule has 0 aliphatic rings. The van der Waals surface area contributed by atoms with Crippen LogP contribution >= 0.6 is 11.6 Å². The Hall–Kier alpha value is -3.23. The van der Waals surface area contributed by atoms with Gasteiger partial charge in [0, 0.05) is 11.6 Å². The number of hydrogen-bond acceptors (Lipinski definition) is 5. The van der Waals surface area contributed by atoms with Crippen LogP contribution in [0.1, 0.15) is 24.5 Å². The standard InChI is InChI=1S/C27H31ClN2O5S/c1-4-35-25-10-6-5-8-21(25)9-7-17-29-27(31)19-30(24-18-22(28)13-16-26(24)34-3)36(32,33)23-14-11-20(2)12-15-23/h5-6,8,10-16,18H,4,7,9,17,19H2,1-3H3,(H,29,31). The van der Waals surface area contributed by atoms with Crippen LogP contribution in [-0.4, -0.2) is 41.1 Å². The summed E-state index contributed by atoms with van der Waals surface area (Å²) in [6, 6.07) is 18.9. The monoisotopic (exact) mass is 530 g/mol. The fourth-order valence-electron chi connectivity index (χ4n) is 3.69. The third kappa shape index (κ3) is 6.92. The van der Waals surface area contributed by atoms with E-state index in [-0.39, 0.29) is 16.3 Å². The number of amides is 1. The molecule has 36 heavy (non-hydrogen) atoms. The normalized spacial score (nSPS) is 11.1. The molecule has 9 heteroatoms. The molecule has 3 aromatic rings. The second-order valence-corrected chi connectivity index (χ2v) is 10.4. The van der Waals surface area contributed by atoms with Crippen LogP contribution in [0.2, 0.25) is 5.02 Å². The van der Waals surface area contributed by atoms with E-state index in [0.717, 1.165) is 21.2 Å². The molecule has 1 N–H and O–H groups in total. The van der Waals surface area contributed by atoms with E-state index in [2.05, 4.69) is 5.32 Å². The summed E-state index contributed by atoms with van der Waals surface area (Å²) in [6.07, 6.45) is 1.38. The largest absolute Gasteiger partial charge is 0.495 e. The fourth-order valence-corrected chi connectivity index (χ4v) is 5.28. The zero-order chi connectivity index (χ0) is 26.1. The molecular formula is C27H31ClN2O5S. The number of nitrogens with one attached hydrogen (secondary N) is 1. The van der Waals surface area contributed by atoms with E-state index in [4.69, 9.17) is 21.1 Å². The number of ether oxygens (including phenoxy) is 2. The Morgan fingerprint density at radius 2 is 1.75 bits per heavy atom. The summed E-state index contributed by atoms with van der Waals surface area (Å²) in [7, 11) is -2.65. The molecule has 0 atom stereocenters. The Balaban J connectivity index is 1.77. The molecule has 0 radical (unpaired) electrons. The number of anilines is 1. The Bertz CT molecular complexity index is 1280. The van der Waals surface area contributed by atoms with Crippen molar-refractivity contribution in [1.82, 2.24) is 5.32 Å². The van der Waals surface area contributed by atoms with Gasteiger partial charge in [0.1, 0.15) is 18.0 Å². The number of benzene rings is 3. The van der Waals surface area contributed by atoms with Gasteiger partial charge in [-0.15, -0.1) is 0 Å². The topological polar surface area (TPSA) is 84.9 Å². The number of para-hydroxylation sites is 1. The number of hydrogen-bond donors (Lipinski definition) is 1. The van der Waals surface area contributed by atoms with Crippen molar-refractivity contribution in [3.05, 3.63) is 82.9 Å². The average molecular weight is 531 g/mol.